The fourth-order valence-electron chi connectivity index (χ4n) is 5.62. The van der Waals surface area contributed by atoms with Crippen molar-refractivity contribution in [3.8, 4) is 17.6 Å². The van der Waals surface area contributed by atoms with Gasteiger partial charge in [0.15, 0.2) is 0 Å². The number of fused-ring (bicyclic) bond motifs is 1. The van der Waals surface area contributed by atoms with Gasteiger partial charge < -0.3 is 40.8 Å². The molecule has 1 saturated heterocycles. The largest absolute Gasteiger partial charge is 0.492 e. The van der Waals surface area contributed by atoms with Gasteiger partial charge in [-0.3, -0.25) is 29.0 Å². The van der Waals surface area contributed by atoms with Gasteiger partial charge in [-0.1, -0.05) is 16.0 Å². The van der Waals surface area contributed by atoms with Crippen molar-refractivity contribution in [3.05, 3.63) is 65.9 Å². The van der Waals surface area contributed by atoms with E-state index < -0.39 is 71.6 Å². The van der Waals surface area contributed by atoms with Crippen LogP contribution in [0.1, 0.15) is 41.6 Å². The molecule has 0 aliphatic carbocycles. The summed E-state index contributed by atoms with van der Waals surface area (Å²) in [6.07, 6.45) is 0.542. The molecule has 0 bridgehead atoms. The molecule has 2 aromatic carbocycles. The van der Waals surface area contributed by atoms with E-state index in [1.165, 1.54) is 42.6 Å². The Kier molecular flexibility index (Phi) is 14.9. The summed E-state index contributed by atoms with van der Waals surface area (Å²) in [6, 6.07) is 10.7. The van der Waals surface area contributed by atoms with Gasteiger partial charge >= 0.3 is 10.5 Å². The molecular weight excluding hydrogens is 765 g/mol. The zero-order valence-corrected chi connectivity index (χ0v) is 30.6. The van der Waals surface area contributed by atoms with Crippen molar-refractivity contribution in [2.24, 2.45) is 5.73 Å². The third-order valence-corrected chi connectivity index (χ3v) is 8.70. The highest BCUT2D eigenvalue weighted by molar-refractivity contribution is 7.81. The fourth-order valence-corrected chi connectivity index (χ4v) is 5.96. The lowest BCUT2D eigenvalue weighted by Crippen LogP contribution is -2.48. The Morgan fingerprint density at radius 3 is 2.43 bits per heavy atom. The Balaban J connectivity index is 1.31. The minimum Gasteiger partial charge on any atom is -0.492 e. The molecule has 0 saturated carbocycles. The summed E-state index contributed by atoms with van der Waals surface area (Å²) < 4.78 is 71.6. The van der Waals surface area contributed by atoms with Crippen LogP contribution in [0.5, 0.6) is 11.5 Å². The average molecular weight is 805 g/mol. The van der Waals surface area contributed by atoms with Crippen molar-refractivity contribution in [3.63, 3.8) is 0 Å². The summed E-state index contributed by atoms with van der Waals surface area (Å²) in [5.74, 6) is -6.20. The lowest BCUT2D eigenvalue weighted by atomic mass is 10.1. The van der Waals surface area contributed by atoms with Crippen molar-refractivity contribution < 1.29 is 54.0 Å². The SMILES string of the molecule is N#CC1CC(F)(F)CN1C(=O)CNC(=O)c1ccnc2ccc(OCCNC(=O)C(CCC(=O)NCCN)NC(=O)CCc3ccc(OS(=O)(=O)F)cc3)cc12. The van der Waals surface area contributed by atoms with Gasteiger partial charge in [0.1, 0.15) is 30.2 Å². The van der Waals surface area contributed by atoms with Crippen LogP contribution in [-0.2, 0) is 36.1 Å². The van der Waals surface area contributed by atoms with E-state index in [-0.39, 0.29) is 74.9 Å². The van der Waals surface area contributed by atoms with E-state index in [0.29, 0.717) is 16.5 Å². The third kappa shape index (κ3) is 13.1. The maximum absolute atomic E-state index is 13.8. The maximum atomic E-state index is 13.8. The Morgan fingerprint density at radius 1 is 1.00 bits per heavy atom. The topological polar surface area (TPSA) is 252 Å². The zero-order valence-electron chi connectivity index (χ0n) is 29.8. The number of alkyl halides is 2. The van der Waals surface area contributed by atoms with Crippen molar-refractivity contribution >= 4 is 50.9 Å². The molecule has 3 aromatic rings. The molecule has 56 heavy (non-hydrogen) atoms. The van der Waals surface area contributed by atoms with Gasteiger partial charge in [0, 0.05) is 43.9 Å². The normalized spacial score (nSPS) is 15.3. The molecule has 6 N–H and O–H groups in total. The molecule has 1 aromatic heterocycles. The van der Waals surface area contributed by atoms with E-state index in [1.807, 2.05) is 0 Å². The number of aryl methyl sites for hydroxylation is 1. The lowest BCUT2D eigenvalue weighted by Gasteiger charge is -2.19. The molecule has 0 spiro atoms. The molecular formula is C35H39F3N8O9S. The van der Waals surface area contributed by atoms with Crippen LogP contribution in [0, 0.1) is 11.3 Å². The Labute approximate surface area is 319 Å². The number of hydrogen-bond donors (Lipinski definition) is 5. The van der Waals surface area contributed by atoms with Gasteiger partial charge in [0.2, 0.25) is 23.6 Å². The molecule has 300 valence electrons. The maximum Gasteiger partial charge on any atom is 0.488 e. The number of hydrogen-bond acceptors (Lipinski definition) is 12. The van der Waals surface area contributed by atoms with Crippen molar-refractivity contribution in [2.45, 2.75) is 50.1 Å². The molecule has 1 aliphatic heterocycles. The molecule has 0 radical (unpaired) electrons. The molecule has 21 heteroatoms. The number of nitrogens with two attached hydrogens (primary N) is 1. The second-order valence-corrected chi connectivity index (χ2v) is 13.5. The Hall–Kier alpha value is -6.01. The number of ether oxygens (including phenoxy) is 1. The van der Waals surface area contributed by atoms with E-state index in [0.717, 1.165) is 4.90 Å². The number of nitrogens with zero attached hydrogens (tertiary/aromatic N) is 3. The van der Waals surface area contributed by atoms with E-state index >= 15 is 0 Å². The van der Waals surface area contributed by atoms with Crippen LogP contribution in [-0.4, -0.2) is 105 Å². The summed E-state index contributed by atoms with van der Waals surface area (Å²) in [5, 5.41) is 19.8. The van der Waals surface area contributed by atoms with E-state index in [2.05, 4.69) is 30.4 Å². The monoisotopic (exact) mass is 804 g/mol. The van der Waals surface area contributed by atoms with Gasteiger partial charge in [-0.05, 0) is 54.8 Å². The molecule has 1 fully saturated rings. The zero-order chi connectivity index (χ0) is 40.9. The smallest absolute Gasteiger partial charge is 0.488 e. The predicted octanol–water partition coefficient (Wildman–Crippen LogP) is 0.785. The molecule has 2 unspecified atom stereocenters. The number of pyridine rings is 1. The number of aromatic nitrogens is 1. The lowest BCUT2D eigenvalue weighted by molar-refractivity contribution is -0.131. The molecule has 17 nitrogen and oxygen atoms in total. The van der Waals surface area contributed by atoms with Crippen LogP contribution in [0.25, 0.3) is 10.9 Å². The summed E-state index contributed by atoms with van der Waals surface area (Å²) in [6.45, 7) is -1.19. The first-order valence-corrected chi connectivity index (χ1v) is 18.5. The second-order valence-electron chi connectivity index (χ2n) is 12.5. The third-order valence-electron chi connectivity index (χ3n) is 8.31. The Morgan fingerprint density at radius 2 is 1.73 bits per heavy atom. The second kappa shape index (κ2) is 19.5. The number of benzene rings is 2. The van der Waals surface area contributed by atoms with Crippen LogP contribution in [0.15, 0.2) is 54.7 Å². The van der Waals surface area contributed by atoms with Crippen LogP contribution in [0.3, 0.4) is 0 Å². The number of nitrogens with one attached hydrogen (secondary N) is 4. The van der Waals surface area contributed by atoms with Crippen molar-refractivity contribution in [2.75, 3.05) is 39.3 Å². The Bertz CT molecular complexity index is 2070. The first kappa shape index (κ1) is 42.7. The van der Waals surface area contributed by atoms with E-state index in [1.54, 1.807) is 18.2 Å². The van der Waals surface area contributed by atoms with Gasteiger partial charge in [0.05, 0.1) is 36.8 Å². The summed E-state index contributed by atoms with van der Waals surface area (Å²) in [7, 11) is -5.19. The molecule has 2 atom stereocenters. The minimum atomic E-state index is -5.19. The molecule has 2 heterocycles. The van der Waals surface area contributed by atoms with Gasteiger partial charge in [-0.2, -0.15) is 13.7 Å². The van der Waals surface area contributed by atoms with E-state index in [4.69, 9.17) is 15.7 Å². The number of likely N-dealkylation sites (tertiary alicyclic amines) is 1. The number of rotatable bonds is 19. The van der Waals surface area contributed by atoms with E-state index in [9.17, 15) is 45.1 Å². The van der Waals surface area contributed by atoms with Gasteiger partial charge in [0.25, 0.3) is 11.8 Å². The summed E-state index contributed by atoms with van der Waals surface area (Å²) in [4.78, 5) is 68.7. The first-order valence-electron chi connectivity index (χ1n) is 17.2. The minimum absolute atomic E-state index is 0.0344. The van der Waals surface area contributed by atoms with Gasteiger partial charge in [-0.25, -0.2) is 8.78 Å². The predicted molar refractivity (Wildman–Crippen MR) is 192 cm³/mol. The van der Waals surface area contributed by atoms with Crippen LogP contribution >= 0.6 is 0 Å². The van der Waals surface area contributed by atoms with Crippen LogP contribution in [0.2, 0.25) is 0 Å². The molecule has 4 rings (SSSR count). The number of halogens is 3. The quantitative estimate of drug-likeness (QED) is 0.0833. The number of nitriles is 1. The molecule has 5 amide bonds. The number of amides is 5. The first-order chi connectivity index (χ1) is 26.6. The average Bonchev–Trinajstić information content (AvgIpc) is 3.49. The standard InChI is InChI=1S/C35H39F3N8O9S/c36-35(37)18-23(19-40)46(21-35)32(49)20-44-33(50)26-11-13-41-28-7-6-25(17-27(26)28)54-16-15-43-34(51)29(8-10-30(47)42-14-12-39)45-31(48)9-3-22-1-4-24(5-2-22)55-56(38,52)53/h1-2,4-7,11,13,17,23,29H,3,8-10,12,14-16,18,20-21,39H2,(H,42,47)(H,43,51)(H,44,50)(H,45,48). The highest BCUT2D eigenvalue weighted by Crippen LogP contribution is 2.31. The fraction of sp³-hybridized carbons (Fsp3) is 0.400. The van der Waals surface area contributed by atoms with Crippen LogP contribution in [0.4, 0.5) is 12.7 Å². The van der Waals surface area contributed by atoms with Crippen LogP contribution < -0.4 is 35.9 Å². The number of carbonyl (C=O) groups excluding carboxylic acids is 5. The highest BCUT2D eigenvalue weighted by Gasteiger charge is 2.47. The van der Waals surface area contributed by atoms with Crippen molar-refractivity contribution in [1.29, 1.82) is 5.26 Å². The summed E-state index contributed by atoms with van der Waals surface area (Å²) in [5.41, 5.74) is 6.53. The van der Waals surface area contributed by atoms with Crippen molar-refractivity contribution in [1.82, 2.24) is 31.2 Å². The number of carbonyl (C=O) groups is 5. The highest BCUT2D eigenvalue weighted by atomic mass is 32.3. The summed E-state index contributed by atoms with van der Waals surface area (Å²) >= 11 is 0. The van der Waals surface area contributed by atoms with Gasteiger partial charge in [-0.15, -0.1) is 0 Å². The molecule has 1 aliphatic rings.